The molecule has 0 aliphatic heterocycles. The molecule has 0 spiro atoms. The van der Waals surface area contributed by atoms with Gasteiger partial charge in [0, 0.05) is 7.11 Å². The molecule has 0 aromatic carbocycles. The van der Waals surface area contributed by atoms with Crippen LogP contribution in [0, 0.1) is 0 Å². The van der Waals surface area contributed by atoms with E-state index in [1.807, 2.05) is 27.7 Å². The van der Waals surface area contributed by atoms with E-state index in [2.05, 4.69) is 0 Å². The van der Waals surface area contributed by atoms with Gasteiger partial charge in [0.1, 0.15) is 0 Å². The second kappa shape index (κ2) is 5.30. The Balaban J connectivity index is 4.15. The summed E-state index contributed by atoms with van der Waals surface area (Å²) in [5, 5.41) is 0. The molecule has 0 heterocycles. The van der Waals surface area contributed by atoms with Crippen molar-refractivity contribution in [2.24, 2.45) is 0 Å². The third kappa shape index (κ3) is 5.22. The highest BCUT2D eigenvalue weighted by Crippen LogP contribution is 2.50. The summed E-state index contributed by atoms with van der Waals surface area (Å²) >= 11 is 5.10. The van der Waals surface area contributed by atoms with Gasteiger partial charge >= 0.3 is 6.72 Å². The Morgan fingerprint density at radius 1 is 1.00 bits per heavy atom. The van der Waals surface area contributed by atoms with E-state index in [9.17, 15) is 0 Å². The normalized spacial score (nSPS) is 12.9. The molecule has 0 rings (SSSR count). The molecule has 12 heavy (non-hydrogen) atoms. The largest absolute Gasteiger partial charge is 0.327 e. The Labute approximate surface area is 79.6 Å². The van der Waals surface area contributed by atoms with Gasteiger partial charge in [-0.25, -0.2) is 0 Å². The molecule has 0 radical (unpaired) electrons. The zero-order valence-electron chi connectivity index (χ0n) is 8.23. The van der Waals surface area contributed by atoms with Gasteiger partial charge in [-0.1, -0.05) is 0 Å². The molecular weight excluding hydrogens is 195 g/mol. The van der Waals surface area contributed by atoms with Crippen LogP contribution in [0.25, 0.3) is 0 Å². The Morgan fingerprint density at radius 3 is 1.50 bits per heavy atom. The Kier molecular flexibility index (Phi) is 5.53. The van der Waals surface area contributed by atoms with E-state index in [1.54, 1.807) is 0 Å². The van der Waals surface area contributed by atoms with Crippen molar-refractivity contribution in [2.75, 3.05) is 7.11 Å². The molecule has 0 aromatic rings. The average Bonchev–Trinajstić information content (AvgIpc) is 1.83. The standard InChI is InChI=1S/C7H17O3PS/c1-6(2)9-11(12,8-5)10-7(3)4/h6-7H,1-5H3. The molecule has 0 saturated carbocycles. The SMILES string of the molecule is COP(=S)(OC(C)C)OC(C)C. The first-order valence-electron chi connectivity index (χ1n) is 3.92. The molecule has 0 atom stereocenters. The van der Waals surface area contributed by atoms with Gasteiger partial charge in [-0.2, -0.15) is 0 Å². The number of hydrogen-bond donors (Lipinski definition) is 0. The van der Waals surface area contributed by atoms with Gasteiger partial charge in [0.2, 0.25) is 0 Å². The lowest BCUT2D eigenvalue weighted by atomic mass is 10.5. The number of rotatable bonds is 5. The van der Waals surface area contributed by atoms with Gasteiger partial charge < -0.3 is 13.6 Å². The van der Waals surface area contributed by atoms with Crippen molar-refractivity contribution in [3.8, 4) is 0 Å². The van der Waals surface area contributed by atoms with Crippen molar-refractivity contribution >= 4 is 18.5 Å². The maximum absolute atomic E-state index is 5.38. The Morgan fingerprint density at radius 2 is 1.33 bits per heavy atom. The van der Waals surface area contributed by atoms with E-state index in [1.165, 1.54) is 7.11 Å². The molecule has 0 fully saturated rings. The quantitative estimate of drug-likeness (QED) is 0.655. The first-order valence-corrected chi connectivity index (χ1v) is 6.48. The van der Waals surface area contributed by atoms with Crippen molar-refractivity contribution in [2.45, 2.75) is 39.9 Å². The van der Waals surface area contributed by atoms with E-state index >= 15 is 0 Å². The Bertz CT molecular complexity index is 156. The van der Waals surface area contributed by atoms with Crippen molar-refractivity contribution in [3.63, 3.8) is 0 Å². The molecule has 0 N–H and O–H groups in total. The zero-order chi connectivity index (χ0) is 9.78. The maximum atomic E-state index is 5.38. The topological polar surface area (TPSA) is 27.7 Å². The molecule has 0 unspecified atom stereocenters. The zero-order valence-corrected chi connectivity index (χ0v) is 9.95. The summed E-state index contributed by atoms with van der Waals surface area (Å²) in [5.41, 5.74) is 0. The van der Waals surface area contributed by atoms with Gasteiger partial charge in [0.05, 0.1) is 12.2 Å². The summed E-state index contributed by atoms with van der Waals surface area (Å²) in [6, 6.07) is 0. The van der Waals surface area contributed by atoms with Gasteiger partial charge in [-0.15, -0.1) is 0 Å². The van der Waals surface area contributed by atoms with E-state index in [0.717, 1.165) is 0 Å². The molecule has 0 bridgehead atoms. The lowest BCUT2D eigenvalue weighted by Crippen LogP contribution is -2.08. The summed E-state index contributed by atoms with van der Waals surface area (Å²) in [5.74, 6) is 0. The van der Waals surface area contributed by atoms with Gasteiger partial charge in [-0.3, -0.25) is 0 Å². The van der Waals surface area contributed by atoms with Crippen LogP contribution in [0.5, 0.6) is 0 Å². The minimum atomic E-state index is -2.48. The smallest absolute Gasteiger partial charge is 0.312 e. The lowest BCUT2D eigenvalue weighted by molar-refractivity contribution is 0.123. The third-order valence-corrected chi connectivity index (χ3v) is 3.67. The summed E-state index contributed by atoms with van der Waals surface area (Å²) in [7, 11) is 1.52. The first-order chi connectivity index (χ1) is 5.39. The summed E-state index contributed by atoms with van der Waals surface area (Å²) < 4.78 is 15.8. The molecule has 5 heteroatoms. The molecular formula is C7H17O3PS. The molecule has 0 aliphatic carbocycles. The van der Waals surface area contributed by atoms with Crippen molar-refractivity contribution in [1.82, 2.24) is 0 Å². The molecule has 74 valence electrons. The minimum absolute atomic E-state index is 0.0366. The minimum Gasteiger partial charge on any atom is -0.312 e. The van der Waals surface area contributed by atoms with Crippen LogP contribution >= 0.6 is 6.72 Å². The highest BCUT2D eigenvalue weighted by atomic mass is 32.5. The maximum Gasteiger partial charge on any atom is 0.327 e. The fraction of sp³-hybridized carbons (Fsp3) is 1.00. The van der Waals surface area contributed by atoms with Crippen LogP contribution in [-0.4, -0.2) is 19.3 Å². The highest BCUT2D eigenvalue weighted by Gasteiger charge is 2.21. The summed E-state index contributed by atoms with van der Waals surface area (Å²) in [6.45, 7) is 5.15. The summed E-state index contributed by atoms with van der Waals surface area (Å²) in [6.07, 6.45) is 0.0732. The highest BCUT2D eigenvalue weighted by molar-refractivity contribution is 8.07. The number of hydrogen-bond acceptors (Lipinski definition) is 4. The molecule has 0 saturated heterocycles. The van der Waals surface area contributed by atoms with Crippen LogP contribution in [0.15, 0.2) is 0 Å². The van der Waals surface area contributed by atoms with Crippen molar-refractivity contribution < 1.29 is 13.6 Å². The molecule has 0 amide bonds. The predicted octanol–water partition coefficient (Wildman–Crippen LogP) is 2.71. The lowest BCUT2D eigenvalue weighted by Gasteiger charge is -2.23. The molecule has 0 aromatic heterocycles. The third-order valence-electron chi connectivity index (χ3n) is 0.903. The van der Waals surface area contributed by atoms with Gasteiger partial charge in [-0.05, 0) is 39.5 Å². The van der Waals surface area contributed by atoms with Crippen LogP contribution < -0.4 is 0 Å². The Hall–Kier alpha value is 0.530. The van der Waals surface area contributed by atoms with E-state index in [0.29, 0.717) is 0 Å². The van der Waals surface area contributed by atoms with Crippen LogP contribution in [0.2, 0.25) is 0 Å². The van der Waals surface area contributed by atoms with Gasteiger partial charge in [0.25, 0.3) is 0 Å². The van der Waals surface area contributed by atoms with E-state index in [4.69, 9.17) is 25.4 Å². The second-order valence-electron chi connectivity index (χ2n) is 2.94. The van der Waals surface area contributed by atoms with Crippen molar-refractivity contribution in [1.29, 1.82) is 0 Å². The van der Waals surface area contributed by atoms with Crippen LogP contribution in [0.4, 0.5) is 0 Å². The van der Waals surface area contributed by atoms with E-state index < -0.39 is 6.72 Å². The van der Waals surface area contributed by atoms with Crippen LogP contribution in [0.3, 0.4) is 0 Å². The fourth-order valence-electron chi connectivity index (χ4n) is 0.627. The fourth-order valence-corrected chi connectivity index (χ4v) is 2.91. The molecule has 0 aliphatic rings. The second-order valence-corrected chi connectivity index (χ2v) is 5.96. The predicted molar refractivity (Wildman–Crippen MR) is 53.7 cm³/mol. The first kappa shape index (κ1) is 12.5. The van der Waals surface area contributed by atoms with Gasteiger partial charge in [0.15, 0.2) is 0 Å². The van der Waals surface area contributed by atoms with E-state index in [-0.39, 0.29) is 12.2 Å². The average molecular weight is 212 g/mol. The van der Waals surface area contributed by atoms with Crippen LogP contribution in [0.1, 0.15) is 27.7 Å². The summed E-state index contributed by atoms with van der Waals surface area (Å²) in [4.78, 5) is 0. The van der Waals surface area contributed by atoms with Crippen LogP contribution in [-0.2, 0) is 25.4 Å². The molecule has 3 nitrogen and oxygen atoms in total. The van der Waals surface area contributed by atoms with Crippen molar-refractivity contribution in [3.05, 3.63) is 0 Å². The monoisotopic (exact) mass is 212 g/mol.